The Labute approximate surface area is 527 Å². The highest BCUT2D eigenvalue weighted by molar-refractivity contribution is 5.94. The monoisotopic (exact) mass is 1280 g/mol. The Morgan fingerprint density at radius 1 is 0.341 bits per heavy atom. The van der Waals surface area contributed by atoms with E-state index in [9.17, 15) is 93.0 Å². The van der Waals surface area contributed by atoms with Crippen LogP contribution < -0.4 is 37.2 Å². The van der Waals surface area contributed by atoms with E-state index in [1.807, 2.05) is 0 Å². The van der Waals surface area contributed by atoms with Crippen LogP contribution in [-0.2, 0) is 70.4 Å². The number of urea groups is 1. The number of rotatable bonds is 42. The number of carboxylic acid groups (broad SMARTS) is 7. The van der Waals surface area contributed by atoms with E-state index in [0.29, 0.717) is 56.1 Å². The van der Waals surface area contributed by atoms with Gasteiger partial charge in [-0.05, 0) is 68.9 Å². The first-order chi connectivity index (χ1) is 43.4. The SMILES string of the molecule is O=C(O)CC[C@H](NC(=O)N[C@@H](CCCCNC(=O)CCCCCCC(=O)NCCCCC(NC(=O)C(Cc1ccccc1)NC(=O)C(Cc1ccccc1)NC(=O)CN1CCN(CC(=O)O)CCN(CC(=O)O)CCN(CC(=O)O)CC1)C(=O)O)C(=O)O)C(=O)O. The van der Waals surface area contributed by atoms with E-state index in [4.69, 9.17) is 5.11 Å². The van der Waals surface area contributed by atoms with Crippen molar-refractivity contribution in [3.63, 3.8) is 0 Å². The molecule has 1 heterocycles. The lowest BCUT2D eigenvalue weighted by molar-refractivity contribution is -0.143. The minimum atomic E-state index is -1.53. The number of unbranched alkanes of at least 4 members (excludes halogenated alkanes) is 5. The summed E-state index contributed by atoms with van der Waals surface area (Å²) in [5, 5.41) is 84.4. The molecule has 91 heavy (non-hydrogen) atoms. The van der Waals surface area contributed by atoms with Crippen LogP contribution in [0.2, 0.25) is 0 Å². The van der Waals surface area contributed by atoms with Crippen molar-refractivity contribution >= 4 is 77.4 Å². The van der Waals surface area contributed by atoms with Crippen molar-refractivity contribution in [1.29, 1.82) is 0 Å². The van der Waals surface area contributed by atoms with Crippen LogP contribution in [0.15, 0.2) is 60.7 Å². The topological polar surface area (TPSA) is 461 Å². The Kier molecular flexibility index (Phi) is 36.1. The van der Waals surface area contributed by atoms with Gasteiger partial charge >= 0.3 is 47.8 Å². The molecule has 3 unspecified atom stereocenters. The van der Waals surface area contributed by atoms with Crippen molar-refractivity contribution in [1.82, 2.24) is 56.8 Å². The number of carbonyl (C=O) groups is 13. The lowest BCUT2D eigenvalue weighted by Gasteiger charge is -2.33. The molecular formula is C60H89N11O20. The van der Waals surface area contributed by atoms with Crippen molar-refractivity contribution < 1.29 is 98.1 Å². The van der Waals surface area contributed by atoms with Gasteiger partial charge in [-0.25, -0.2) is 19.2 Å². The third kappa shape index (κ3) is 34.7. The molecule has 7 amide bonds. The van der Waals surface area contributed by atoms with Gasteiger partial charge in [0.25, 0.3) is 0 Å². The highest BCUT2D eigenvalue weighted by atomic mass is 16.4. The van der Waals surface area contributed by atoms with Crippen LogP contribution in [-0.4, -0.2) is 255 Å². The molecule has 31 heteroatoms. The quantitative estimate of drug-likeness (QED) is 0.0372. The van der Waals surface area contributed by atoms with Gasteiger partial charge in [0.1, 0.15) is 30.2 Å². The van der Waals surface area contributed by atoms with Gasteiger partial charge in [-0.3, -0.25) is 62.8 Å². The van der Waals surface area contributed by atoms with E-state index in [0.717, 1.165) is 0 Å². The molecule has 3 rings (SSSR count). The number of hydrogen-bond acceptors (Lipinski definition) is 17. The first kappa shape index (κ1) is 76.4. The number of benzene rings is 2. The Morgan fingerprint density at radius 3 is 1.04 bits per heavy atom. The zero-order valence-corrected chi connectivity index (χ0v) is 51.1. The van der Waals surface area contributed by atoms with Crippen LogP contribution in [0.1, 0.15) is 101 Å². The molecule has 14 N–H and O–H groups in total. The molecule has 0 radical (unpaired) electrons. The largest absolute Gasteiger partial charge is 0.481 e. The molecule has 1 saturated heterocycles. The maximum atomic E-state index is 14.4. The molecule has 5 atom stereocenters. The van der Waals surface area contributed by atoms with Crippen molar-refractivity contribution in [2.24, 2.45) is 0 Å². The van der Waals surface area contributed by atoms with Gasteiger partial charge in [0, 0.05) is 97.6 Å². The zero-order chi connectivity index (χ0) is 67.1. The number of aliphatic carboxylic acids is 7. The summed E-state index contributed by atoms with van der Waals surface area (Å²) >= 11 is 0. The molecular weight excluding hydrogens is 1190 g/mol. The minimum Gasteiger partial charge on any atom is -0.481 e. The van der Waals surface area contributed by atoms with Gasteiger partial charge in [0.05, 0.1) is 26.2 Å². The maximum absolute atomic E-state index is 14.4. The van der Waals surface area contributed by atoms with Crippen molar-refractivity contribution in [2.45, 2.75) is 133 Å². The van der Waals surface area contributed by atoms with Gasteiger partial charge in [-0.2, -0.15) is 0 Å². The first-order valence-electron chi connectivity index (χ1n) is 30.4. The zero-order valence-electron chi connectivity index (χ0n) is 51.1. The van der Waals surface area contributed by atoms with E-state index in [-0.39, 0.29) is 148 Å². The molecule has 0 saturated carbocycles. The second-order valence-electron chi connectivity index (χ2n) is 22.2. The number of nitrogens with one attached hydrogen (secondary N) is 7. The molecule has 31 nitrogen and oxygen atoms in total. The summed E-state index contributed by atoms with van der Waals surface area (Å²) < 4.78 is 0. The van der Waals surface area contributed by atoms with Gasteiger partial charge in [0.2, 0.25) is 29.5 Å². The van der Waals surface area contributed by atoms with E-state index < -0.39 is 109 Å². The van der Waals surface area contributed by atoms with Gasteiger partial charge in [0.15, 0.2) is 0 Å². The maximum Gasteiger partial charge on any atom is 0.326 e. The third-order valence-corrected chi connectivity index (χ3v) is 14.7. The molecule has 1 aliphatic heterocycles. The Bertz CT molecular complexity index is 2660. The molecule has 2 aromatic rings. The van der Waals surface area contributed by atoms with Crippen molar-refractivity contribution in [2.75, 3.05) is 91.6 Å². The van der Waals surface area contributed by atoms with E-state index >= 15 is 0 Å². The average molecular weight is 1280 g/mol. The third-order valence-electron chi connectivity index (χ3n) is 14.7. The van der Waals surface area contributed by atoms with E-state index in [2.05, 4.69) is 37.2 Å². The predicted octanol–water partition coefficient (Wildman–Crippen LogP) is -0.530. The fourth-order valence-corrected chi connectivity index (χ4v) is 9.79. The minimum absolute atomic E-state index is 0.0204. The van der Waals surface area contributed by atoms with Gasteiger partial charge in [-0.1, -0.05) is 73.5 Å². The summed E-state index contributed by atoms with van der Waals surface area (Å²) in [5.41, 5.74) is 1.28. The lowest BCUT2D eigenvalue weighted by Crippen LogP contribution is -2.57. The molecule has 0 aromatic heterocycles. The Hall–Kier alpha value is -8.81. The Balaban J connectivity index is 1.51. The molecule has 1 fully saturated rings. The number of carboxylic acids is 7. The van der Waals surface area contributed by atoms with E-state index in [1.165, 1.54) is 0 Å². The summed E-state index contributed by atoms with van der Waals surface area (Å²) in [5.74, 6) is -11.4. The van der Waals surface area contributed by atoms with Crippen molar-refractivity contribution in [3.8, 4) is 0 Å². The smallest absolute Gasteiger partial charge is 0.326 e. The highest BCUT2D eigenvalue weighted by Gasteiger charge is 2.32. The standard InChI is InChI=1S/C60H89N11O20/c72-48(21-9-1-2-10-22-49(73)62-26-14-12-20-44(58(87)88)66-60(91)67-45(59(89)90)23-24-51(75)76)61-25-13-11-19-43(57(85)86)64-56(84)47(36-42-17-7-4-8-18-42)65-55(83)46(35-41-15-5-3-6-16-41)63-50(74)37-68-27-29-69(38-52(77)78)31-33-71(40-54(81)82)34-32-70(30-28-68)39-53(79)80/h3-8,15-18,43-47H,1-2,9-14,19-40H2,(H,61,72)(H,62,73)(H,63,74)(H,64,84)(H,65,83)(H,75,76)(H,77,78)(H,79,80)(H,81,82)(H,85,86)(H,87,88)(H,89,90)(H2,66,67,91)/t43?,44-,45-,46?,47?/m0/s1. The normalized spacial score (nSPS) is 15.3. The first-order valence-corrected chi connectivity index (χ1v) is 30.4. The number of hydrogen-bond donors (Lipinski definition) is 14. The number of carbonyl (C=O) groups excluding carboxylic acids is 6. The summed E-state index contributed by atoms with van der Waals surface area (Å²) in [6, 6.07) is 9.48. The molecule has 2 aromatic carbocycles. The fraction of sp³-hybridized carbons (Fsp3) is 0.583. The average Bonchev–Trinajstić information content (AvgIpc) is 2.78. The van der Waals surface area contributed by atoms with Crippen LogP contribution in [0.25, 0.3) is 0 Å². The Morgan fingerprint density at radius 2 is 0.681 bits per heavy atom. The summed E-state index contributed by atoms with van der Waals surface area (Å²) in [7, 11) is 0. The van der Waals surface area contributed by atoms with Crippen LogP contribution in [0.3, 0.4) is 0 Å². The lowest BCUT2D eigenvalue weighted by atomic mass is 10.0. The molecule has 0 bridgehead atoms. The predicted molar refractivity (Wildman–Crippen MR) is 325 cm³/mol. The molecule has 1 aliphatic rings. The van der Waals surface area contributed by atoms with Crippen LogP contribution in [0.5, 0.6) is 0 Å². The number of amides is 7. The second kappa shape index (κ2) is 43.0. The molecule has 0 spiro atoms. The molecule has 504 valence electrons. The van der Waals surface area contributed by atoms with Crippen LogP contribution in [0, 0.1) is 0 Å². The second-order valence-corrected chi connectivity index (χ2v) is 22.2. The fourth-order valence-electron chi connectivity index (χ4n) is 9.79. The van der Waals surface area contributed by atoms with E-state index in [1.54, 1.807) is 80.3 Å². The highest BCUT2D eigenvalue weighted by Crippen LogP contribution is 2.12. The number of nitrogens with zero attached hydrogens (tertiary/aromatic N) is 4. The summed E-state index contributed by atoms with van der Waals surface area (Å²) in [6.45, 7) is 0.313. The van der Waals surface area contributed by atoms with Gasteiger partial charge < -0.3 is 73.0 Å². The summed E-state index contributed by atoms with van der Waals surface area (Å²) in [4.78, 5) is 168. The van der Waals surface area contributed by atoms with Crippen LogP contribution >= 0.6 is 0 Å². The van der Waals surface area contributed by atoms with Crippen molar-refractivity contribution in [3.05, 3.63) is 71.8 Å². The van der Waals surface area contributed by atoms with Crippen LogP contribution in [0.4, 0.5) is 4.79 Å². The van der Waals surface area contributed by atoms with Gasteiger partial charge in [-0.15, -0.1) is 0 Å². The molecule has 0 aliphatic carbocycles. The summed E-state index contributed by atoms with van der Waals surface area (Å²) in [6.07, 6.45) is 3.13.